The number of aryl methyl sites for hydroxylation is 2. The molecule has 3 rings (SSSR count). The second-order valence-electron chi connectivity index (χ2n) is 5.40. The standard InChI is InChI=1S/C17H16ClN5OS/c1-11-3-6-14(7-4-11)23-12(2)21-22-17(23)25-10-16(24)20-15-8-5-13(18)9-19-15/h3-9H,10H2,1-2H3,(H,19,20,24). The van der Waals surface area contributed by atoms with E-state index >= 15 is 0 Å². The Hall–Kier alpha value is -2.38. The summed E-state index contributed by atoms with van der Waals surface area (Å²) in [5.74, 6) is 1.27. The van der Waals surface area contributed by atoms with Crippen LogP contribution in [0.4, 0.5) is 5.82 Å². The largest absolute Gasteiger partial charge is 0.310 e. The number of amides is 1. The highest BCUT2D eigenvalue weighted by Gasteiger charge is 2.13. The molecule has 8 heteroatoms. The number of nitrogens with one attached hydrogen (secondary N) is 1. The molecule has 1 aromatic carbocycles. The first-order valence-corrected chi connectivity index (χ1v) is 8.92. The number of benzene rings is 1. The molecule has 0 saturated carbocycles. The van der Waals surface area contributed by atoms with E-state index in [-0.39, 0.29) is 11.7 Å². The zero-order valence-electron chi connectivity index (χ0n) is 13.7. The number of halogens is 1. The molecule has 0 atom stereocenters. The topological polar surface area (TPSA) is 72.7 Å². The van der Waals surface area contributed by atoms with E-state index in [2.05, 4.69) is 20.5 Å². The van der Waals surface area contributed by atoms with E-state index in [4.69, 9.17) is 11.6 Å². The van der Waals surface area contributed by atoms with Gasteiger partial charge in [-0.15, -0.1) is 10.2 Å². The quantitative estimate of drug-likeness (QED) is 0.691. The van der Waals surface area contributed by atoms with Crippen LogP contribution in [-0.2, 0) is 4.79 Å². The van der Waals surface area contributed by atoms with Crippen molar-refractivity contribution >= 4 is 35.1 Å². The number of thioether (sulfide) groups is 1. The van der Waals surface area contributed by atoms with E-state index in [0.29, 0.717) is 16.0 Å². The molecule has 0 bridgehead atoms. The molecule has 1 N–H and O–H groups in total. The van der Waals surface area contributed by atoms with Gasteiger partial charge in [0.05, 0.1) is 10.8 Å². The van der Waals surface area contributed by atoms with Crippen molar-refractivity contribution in [3.05, 3.63) is 59.0 Å². The van der Waals surface area contributed by atoms with Crippen LogP contribution in [0.1, 0.15) is 11.4 Å². The summed E-state index contributed by atoms with van der Waals surface area (Å²) in [5.41, 5.74) is 2.15. The van der Waals surface area contributed by atoms with Crippen molar-refractivity contribution in [2.75, 3.05) is 11.1 Å². The molecule has 25 heavy (non-hydrogen) atoms. The number of hydrogen-bond donors (Lipinski definition) is 1. The first-order valence-electron chi connectivity index (χ1n) is 7.56. The van der Waals surface area contributed by atoms with Crippen molar-refractivity contribution in [1.29, 1.82) is 0 Å². The molecular weight excluding hydrogens is 358 g/mol. The number of anilines is 1. The third kappa shape index (κ3) is 4.37. The van der Waals surface area contributed by atoms with Crippen molar-refractivity contribution in [3.63, 3.8) is 0 Å². The van der Waals surface area contributed by atoms with Crippen LogP contribution in [0.3, 0.4) is 0 Å². The Kier molecular flexibility index (Phi) is 5.35. The maximum atomic E-state index is 12.1. The van der Waals surface area contributed by atoms with Crippen LogP contribution in [0.5, 0.6) is 0 Å². The highest BCUT2D eigenvalue weighted by Crippen LogP contribution is 2.22. The fourth-order valence-corrected chi connectivity index (χ4v) is 3.10. The number of nitrogens with zero attached hydrogens (tertiary/aromatic N) is 4. The fourth-order valence-electron chi connectivity index (χ4n) is 2.19. The van der Waals surface area contributed by atoms with Gasteiger partial charge in [0, 0.05) is 11.9 Å². The smallest absolute Gasteiger partial charge is 0.236 e. The minimum absolute atomic E-state index is 0.170. The molecule has 6 nitrogen and oxygen atoms in total. The number of carbonyl (C=O) groups is 1. The third-order valence-electron chi connectivity index (χ3n) is 3.41. The molecule has 0 spiro atoms. The molecule has 1 amide bonds. The van der Waals surface area contributed by atoms with Crippen molar-refractivity contribution in [1.82, 2.24) is 19.7 Å². The maximum Gasteiger partial charge on any atom is 0.236 e. The number of carbonyl (C=O) groups excluding carboxylic acids is 1. The zero-order chi connectivity index (χ0) is 17.8. The average Bonchev–Trinajstić information content (AvgIpc) is 2.97. The van der Waals surface area contributed by atoms with Crippen LogP contribution in [-0.4, -0.2) is 31.4 Å². The Morgan fingerprint density at radius 3 is 2.60 bits per heavy atom. The summed E-state index contributed by atoms with van der Waals surface area (Å²) >= 11 is 7.10. The summed E-state index contributed by atoms with van der Waals surface area (Å²) < 4.78 is 1.93. The molecular formula is C17H16ClN5OS. The van der Waals surface area contributed by atoms with E-state index in [0.717, 1.165) is 11.5 Å². The van der Waals surface area contributed by atoms with Gasteiger partial charge in [0.25, 0.3) is 0 Å². The van der Waals surface area contributed by atoms with Gasteiger partial charge in [0.2, 0.25) is 5.91 Å². The van der Waals surface area contributed by atoms with E-state index in [1.165, 1.54) is 23.5 Å². The number of rotatable bonds is 5. The molecule has 2 aromatic heterocycles. The summed E-state index contributed by atoms with van der Waals surface area (Å²) in [6.07, 6.45) is 1.49. The van der Waals surface area contributed by atoms with E-state index in [9.17, 15) is 4.79 Å². The summed E-state index contributed by atoms with van der Waals surface area (Å²) in [7, 11) is 0. The van der Waals surface area contributed by atoms with Gasteiger partial charge in [0.15, 0.2) is 5.16 Å². The lowest BCUT2D eigenvalue weighted by molar-refractivity contribution is -0.113. The van der Waals surface area contributed by atoms with E-state index < -0.39 is 0 Å². The summed E-state index contributed by atoms with van der Waals surface area (Å²) in [6.45, 7) is 3.92. The summed E-state index contributed by atoms with van der Waals surface area (Å²) in [6, 6.07) is 11.4. The minimum Gasteiger partial charge on any atom is -0.310 e. The second-order valence-corrected chi connectivity index (χ2v) is 6.78. The Morgan fingerprint density at radius 1 is 1.16 bits per heavy atom. The Balaban J connectivity index is 1.68. The second kappa shape index (κ2) is 7.67. The predicted molar refractivity (Wildman–Crippen MR) is 99.4 cm³/mol. The molecule has 0 aliphatic carbocycles. The highest BCUT2D eigenvalue weighted by atomic mass is 35.5. The first-order chi connectivity index (χ1) is 12.0. The molecule has 0 aliphatic heterocycles. The van der Waals surface area contributed by atoms with Crippen molar-refractivity contribution in [3.8, 4) is 5.69 Å². The minimum atomic E-state index is -0.170. The van der Waals surface area contributed by atoms with Crippen molar-refractivity contribution in [2.24, 2.45) is 0 Å². The van der Waals surface area contributed by atoms with Gasteiger partial charge in [0.1, 0.15) is 11.6 Å². The van der Waals surface area contributed by atoms with Gasteiger partial charge >= 0.3 is 0 Å². The Bertz CT molecular complexity index is 877. The van der Waals surface area contributed by atoms with Crippen LogP contribution >= 0.6 is 23.4 Å². The Labute approximate surface area is 154 Å². The van der Waals surface area contributed by atoms with Crippen molar-refractivity contribution in [2.45, 2.75) is 19.0 Å². The molecule has 0 fully saturated rings. The monoisotopic (exact) mass is 373 g/mol. The third-order valence-corrected chi connectivity index (χ3v) is 4.57. The van der Waals surface area contributed by atoms with Gasteiger partial charge < -0.3 is 5.32 Å². The molecule has 0 unspecified atom stereocenters. The van der Waals surface area contributed by atoms with Crippen molar-refractivity contribution < 1.29 is 4.79 Å². The maximum absolute atomic E-state index is 12.1. The van der Waals surface area contributed by atoms with Gasteiger partial charge in [-0.2, -0.15) is 0 Å². The fraction of sp³-hybridized carbons (Fsp3) is 0.176. The normalized spacial score (nSPS) is 10.7. The molecule has 0 aliphatic rings. The van der Waals surface area contributed by atoms with Crippen LogP contribution in [0.2, 0.25) is 5.02 Å². The molecule has 0 radical (unpaired) electrons. The molecule has 0 saturated heterocycles. The molecule has 2 heterocycles. The van der Waals surface area contributed by atoms with E-state index in [1.807, 2.05) is 42.7 Å². The van der Waals surface area contributed by atoms with E-state index in [1.54, 1.807) is 12.1 Å². The number of aromatic nitrogens is 4. The average molecular weight is 374 g/mol. The van der Waals surface area contributed by atoms with Crippen LogP contribution in [0.25, 0.3) is 5.69 Å². The van der Waals surface area contributed by atoms with Crippen LogP contribution < -0.4 is 5.32 Å². The lowest BCUT2D eigenvalue weighted by atomic mass is 10.2. The zero-order valence-corrected chi connectivity index (χ0v) is 15.3. The molecule has 128 valence electrons. The van der Waals surface area contributed by atoms with Gasteiger partial charge in [-0.1, -0.05) is 41.1 Å². The summed E-state index contributed by atoms with van der Waals surface area (Å²) in [5, 5.41) is 12.2. The highest BCUT2D eigenvalue weighted by molar-refractivity contribution is 7.99. The van der Waals surface area contributed by atoms with Crippen LogP contribution in [0.15, 0.2) is 47.8 Å². The van der Waals surface area contributed by atoms with Gasteiger partial charge in [-0.25, -0.2) is 4.98 Å². The Morgan fingerprint density at radius 2 is 1.92 bits per heavy atom. The van der Waals surface area contributed by atoms with Gasteiger partial charge in [-0.3, -0.25) is 9.36 Å². The van der Waals surface area contributed by atoms with Gasteiger partial charge in [-0.05, 0) is 38.1 Å². The lowest BCUT2D eigenvalue weighted by Gasteiger charge is -2.09. The lowest BCUT2D eigenvalue weighted by Crippen LogP contribution is -2.15. The first kappa shape index (κ1) is 17.4. The SMILES string of the molecule is Cc1ccc(-n2c(C)nnc2SCC(=O)Nc2ccc(Cl)cn2)cc1. The van der Waals surface area contributed by atoms with Crippen LogP contribution in [0, 0.1) is 13.8 Å². The number of pyridine rings is 1. The summed E-state index contributed by atoms with van der Waals surface area (Å²) in [4.78, 5) is 16.2. The molecule has 3 aromatic rings. The predicted octanol–water partition coefficient (Wildman–Crippen LogP) is 3.66. The number of hydrogen-bond acceptors (Lipinski definition) is 5.